The van der Waals surface area contributed by atoms with Crippen molar-refractivity contribution in [3.8, 4) is 11.5 Å². The molecule has 0 aliphatic rings. The zero-order valence-electron chi connectivity index (χ0n) is 14.5. The van der Waals surface area contributed by atoms with Crippen LogP contribution < -0.4 is 9.47 Å². The molecule has 0 aliphatic carbocycles. The Morgan fingerprint density at radius 1 is 0.815 bits per heavy atom. The Hall–Kier alpha value is -2.35. The number of alkyl halides is 5. The van der Waals surface area contributed by atoms with Crippen LogP contribution in [-0.2, 0) is 6.42 Å². The zero-order valence-corrected chi connectivity index (χ0v) is 14.5. The van der Waals surface area contributed by atoms with Gasteiger partial charge in [-0.1, -0.05) is 24.3 Å². The molecule has 2 aromatic carbocycles. The predicted molar refractivity (Wildman–Crippen MR) is 89.4 cm³/mol. The second-order valence-electron chi connectivity index (χ2n) is 6.12. The summed E-state index contributed by atoms with van der Waals surface area (Å²) in [4.78, 5) is 0. The second kappa shape index (κ2) is 8.56. The van der Waals surface area contributed by atoms with Gasteiger partial charge in [-0.2, -0.15) is 22.0 Å². The van der Waals surface area contributed by atoms with E-state index < -0.39 is 24.8 Å². The molecule has 0 fully saturated rings. The minimum atomic E-state index is -5.64. The van der Waals surface area contributed by atoms with Crippen molar-refractivity contribution < 1.29 is 36.5 Å². The Balaban J connectivity index is 1.90. The summed E-state index contributed by atoms with van der Waals surface area (Å²) in [5.41, 5.74) is 1.79. The van der Waals surface area contributed by atoms with E-state index in [1.54, 1.807) is 31.2 Å². The first-order valence-electron chi connectivity index (χ1n) is 8.13. The van der Waals surface area contributed by atoms with Crippen LogP contribution in [0.2, 0.25) is 0 Å². The first-order valence-corrected chi connectivity index (χ1v) is 8.13. The highest BCUT2D eigenvalue weighted by atomic mass is 19.4. The maximum Gasteiger partial charge on any atom is 0.456 e. The molecule has 1 N–H and O–H groups in total. The van der Waals surface area contributed by atoms with E-state index in [9.17, 15) is 27.1 Å². The quantitative estimate of drug-likeness (QED) is 0.669. The van der Waals surface area contributed by atoms with Crippen molar-refractivity contribution in [3.63, 3.8) is 0 Å². The van der Waals surface area contributed by atoms with E-state index in [1.807, 2.05) is 12.1 Å². The van der Waals surface area contributed by atoms with Crippen LogP contribution in [0.15, 0.2) is 48.5 Å². The summed E-state index contributed by atoms with van der Waals surface area (Å²) in [5.74, 6) is -4.35. The monoisotopic (exact) mass is 390 g/mol. The molecule has 0 spiro atoms. The smallest absolute Gasteiger partial charge is 0.456 e. The number of halogens is 5. The largest absolute Gasteiger partial charge is 0.491 e. The lowest BCUT2D eigenvalue weighted by molar-refractivity contribution is -0.290. The lowest BCUT2D eigenvalue weighted by atomic mass is 10.0. The highest BCUT2D eigenvalue weighted by Crippen LogP contribution is 2.35. The number of hydrogen-bond donors (Lipinski definition) is 1. The van der Waals surface area contributed by atoms with Crippen LogP contribution in [0.25, 0.3) is 0 Å². The molecular weight excluding hydrogens is 371 g/mol. The molecule has 0 heterocycles. The summed E-state index contributed by atoms with van der Waals surface area (Å²) in [6.45, 7) is 0.0456. The lowest BCUT2D eigenvalue weighted by Crippen LogP contribution is -2.41. The zero-order chi connectivity index (χ0) is 20.1. The van der Waals surface area contributed by atoms with Crippen molar-refractivity contribution in [1.82, 2.24) is 0 Å². The van der Waals surface area contributed by atoms with E-state index in [0.717, 1.165) is 11.1 Å². The van der Waals surface area contributed by atoms with Gasteiger partial charge >= 0.3 is 12.1 Å². The van der Waals surface area contributed by atoms with Gasteiger partial charge in [-0.25, -0.2) is 0 Å². The van der Waals surface area contributed by atoms with Crippen LogP contribution in [-0.4, -0.2) is 36.5 Å². The Kier molecular flexibility index (Phi) is 6.64. The summed E-state index contributed by atoms with van der Waals surface area (Å²) in [6, 6.07) is 13.1. The summed E-state index contributed by atoms with van der Waals surface area (Å²) < 4.78 is 71.9. The van der Waals surface area contributed by atoms with Crippen LogP contribution in [0.3, 0.4) is 0 Å². The van der Waals surface area contributed by atoms with Crippen LogP contribution >= 0.6 is 0 Å². The molecule has 0 aromatic heterocycles. The van der Waals surface area contributed by atoms with Gasteiger partial charge in [-0.15, -0.1) is 0 Å². The van der Waals surface area contributed by atoms with E-state index in [4.69, 9.17) is 4.74 Å². The molecule has 0 aliphatic heterocycles. The van der Waals surface area contributed by atoms with Gasteiger partial charge in [0.05, 0.1) is 6.10 Å². The standard InChI is InChI=1S/C19H19F5O3/c1-13(25)11-26-16-6-2-14(3-7-16)10-15-4-8-17(9-5-15)27-12-18(20,21)19(22,23)24/h2-9,13,25H,10-12H2,1H3. The molecule has 1 unspecified atom stereocenters. The molecule has 0 radical (unpaired) electrons. The van der Waals surface area contributed by atoms with Gasteiger partial charge in [0.1, 0.15) is 18.1 Å². The average molecular weight is 390 g/mol. The fraction of sp³-hybridized carbons (Fsp3) is 0.368. The van der Waals surface area contributed by atoms with Crippen molar-refractivity contribution in [2.75, 3.05) is 13.2 Å². The van der Waals surface area contributed by atoms with Crippen LogP contribution in [0, 0.1) is 0 Å². The molecule has 148 valence electrons. The number of ether oxygens (including phenoxy) is 2. The summed E-state index contributed by atoms with van der Waals surface area (Å²) in [7, 11) is 0. The third kappa shape index (κ3) is 6.39. The molecule has 2 rings (SSSR count). The third-order valence-corrected chi connectivity index (χ3v) is 3.58. The van der Waals surface area contributed by atoms with Gasteiger partial charge < -0.3 is 14.6 Å². The first kappa shape index (κ1) is 21.0. The van der Waals surface area contributed by atoms with E-state index in [2.05, 4.69) is 4.74 Å². The third-order valence-electron chi connectivity index (χ3n) is 3.58. The van der Waals surface area contributed by atoms with Crippen molar-refractivity contribution >= 4 is 0 Å². The van der Waals surface area contributed by atoms with E-state index in [0.29, 0.717) is 12.2 Å². The molecular formula is C19H19F5O3. The fourth-order valence-corrected chi connectivity index (χ4v) is 2.12. The molecule has 0 saturated heterocycles. The summed E-state index contributed by atoms with van der Waals surface area (Å²) >= 11 is 0. The Morgan fingerprint density at radius 3 is 1.67 bits per heavy atom. The highest BCUT2D eigenvalue weighted by molar-refractivity contribution is 5.34. The van der Waals surface area contributed by atoms with Crippen LogP contribution in [0.4, 0.5) is 22.0 Å². The van der Waals surface area contributed by atoms with Crippen molar-refractivity contribution in [1.29, 1.82) is 0 Å². The Labute approximate surface area is 153 Å². The van der Waals surface area contributed by atoms with Gasteiger partial charge in [0.25, 0.3) is 0 Å². The summed E-state index contributed by atoms with van der Waals surface area (Å²) in [5, 5.41) is 9.18. The maximum absolute atomic E-state index is 12.8. The SMILES string of the molecule is CC(O)COc1ccc(Cc2ccc(OCC(F)(F)C(F)(F)F)cc2)cc1. The number of aliphatic hydroxyl groups is 1. The number of hydrogen-bond acceptors (Lipinski definition) is 3. The minimum Gasteiger partial charge on any atom is -0.491 e. The topological polar surface area (TPSA) is 38.7 Å². The molecule has 8 heteroatoms. The van der Waals surface area contributed by atoms with Crippen LogP contribution in [0.5, 0.6) is 11.5 Å². The summed E-state index contributed by atoms with van der Waals surface area (Å²) in [6.07, 6.45) is -5.67. The maximum atomic E-state index is 12.8. The highest BCUT2D eigenvalue weighted by Gasteiger charge is 2.58. The van der Waals surface area contributed by atoms with E-state index in [-0.39, 0.29) is 12.4 Å². The van der Waals surface area contributed by atoms with Gasteiger partial charge in [0.2, 0.25) is 0 Å². The van der Waals surface area contributed by atoms with Crippen LogP contribution in [0.1, 0.15) is 18.1 Å². The minimum absolute atomic E-state index is 0.0652. The molecule has 3 nitrogen and oxygen atoms in total. The van der Waals surface area contributed by atoms with Gasteiger partial charge in [0.15, 0.2) is 6.61 Å². The molecule has 0 bridgehead atoms. The molecule has 0 amide bonds. The Morgan fingerprint density at radius 2 is 1.26 bits per heavy atom. The lowest BCUT2D eigenvalue weighted by Gasteiger charge is -2.19. The van der Waals surface area contributed by atoms with E-state index in [1.165, 1.54) is 12.1 Å². The fourth-order valence-electron chi connectivity index (χ4n) is 2.12. The van der Waals surface area contributed by atoms with Crippen molar-refractivity contribution in [3.05, 3.63) is 59.7 Å². The normalized spacial score (nSPS) is 13.3. The second-order valence-corrected chi connectivity index (χ2v) is 6.12. The predicted octanol–water partition coefficient (Wildman–Crippen LogP) is 4.61. The van der Waals surface area contributed by atoms with Gasteiger partial charge in [-0.05, 0) is 48.7 Å². The number of rotatable bonds is 8. The van der Waals surface area contributed by atoms with Crippen molar-refractivity contribution in [2.24, 2.45) is 0 Å². The van der Waals surface area contributed by atoms with Gasteiger partial charge in [0, 0.05) is 0 Å². The first-order chi connectivity index (χ1) is 12.6. The van der Waals surface area contributed by atoms with E-state index >= 15 is 0 Å². The Bertz CT molecular complexity index is 710. The van der Waals surface area contributed by atoms with Gasteiger partial charge in [-0.3, -0.25) is 0 Å². The van der Waals surface area contributed by atoms with Crippen molar-refractivity contribution in [2.45, 2.75) is 31.5 Å². The molecule has 1 atom stereocenters. The molecule has 27 heavy (non-hydrogen) atoms. The molecule has 2 aromatic rings. The average Bonchev–Trinajstić information content (AvgIpc) is 2.59. The molecule has 0 saturated carbocycles. The number of aliphatic hydroxyl groups excluding tert-OH is 1. The number of benzene rings is 2.